The number of halogens is 2. The van der Waals surface area contributed by atoms with Crippen molar-refractivity contribution in [3.05, 3.63) is 41.3 Å². The van der Waals surface area contributed by atoms with Crippen LogP contribution >= 0.6 is 11.6 Å². The van der Waals surface area contributed by atoms with Crippen LogP contribution in [0.3, 0.4) is 0 Å². The van der Waals surface area contributed by atoms with Crippen molar-refractivity contribution < 1.29 is 4.39 Å². The van der Waals surface area contributed by atoms with Crippen LogP contribution in [0.4, 0.5) is 10.2 Å². The number of anilines is 1. The molecule has 0 bridgehead atoms. The molecule has 0 fully saturated rings. The van der Waals surface area contributed by atoms with Gasteiger partial charge in [-0.2, -0.15) is 0 Å². The Morgan fingerprint density at radius 1 is 1.50 bits per heavy atom. The van der Waals surface area contributed by atoms with Crippen LogP contribution in [0.5, 0.6) is 0 Å². The van der Waals surface area contributed by atoms with Crippen molar-refractivity contribution in [2.75, 3.05) is 5.32 Å². The van der Waals surface area contributed by atoms with Gasteiger partial charge < -0.3 is 9.88 Å². The first kappa shape index (κ1) is 10.9. The van der Waals surface area contributed by atoms with Gasteiger partial charge in [0.05, 0.1) is 11.6 Å². The molecule has 0 spiro atoms. The van der Waals surface area contributed by atoms with Crippen molar-refractivity contribution in [1.82, 2.24) is 14.5 Å². The fourth-order valence-electron chi connectivity index (χ4n) is 1.27. The molecule has 2 rings (SSSR count). The average Bonchev–Trinajstić information content (AvgIpc) is 2.63. The van der Waals surface area contributed by atoms with Crippen molar-refractivity contribution in [1.29, 1.82) is 0 Å². The fourth-order valence-corrected chi connectivity index (χ4v) is 1.42. The molecule has 0 atom stereocenters. The van der Waals surface area contributed by atoms with Crippen molar-refractivity contribution in [3.63, 3.8) is 0 Å². The molecule has 2 aromatic rings. The van der Waals surface area contributed by atoms with E-state index in [4.69, 9.17) is 11.6 Å². The number of nitrogens with zero attached hydrogens (tertiary/aromatic N) is 3. The standard InChI is InChI=1S/C10H10ClFN4/c1-16-3-2-13-9(16)6-15-10-8(12)4-7(11)5-14-10/h2-5H,6H2,1H3,(H,14,15). The number of aromatic nitrogens is 3. The molecular weight excluding hydrogens is 231 g/mol. The molecule has 6 heteroatoms. The number of pyridine rings is 1. The highest BCUT2D eigenvalue weighted by molar-refractivity contribution is 6.30. The Hall–Kier alpha value is -1.62. The van der Waals surface area contributed by atoms with Crippen molar-refractivity contribution in [2.45, 2.75) is 6.54 Å². The maximum atomic E-state index is 13.3. The highest BCUT2D eigenvalue weighted by atomic mass is 35.5. The maximum Gasteiger partial charge on any atom is 0.166 e. The summed E-state index contributed by atoms with van der Waals surface area (Å²) in [5.41, 5.74) is 0. The third-order valence-corrected chi connectivity index (χ3v) is 2.35. The van der Waals surface area contributed by atoms with Gasteiger partial charge in [0.1, 0.15) is 5.82 Å². The summed E-state index contributed by atoms with van der Waals surface area (Å²) < 4.78 is 15.2. The molecule has 16 heavy (non-hydrogen) atoms. The minimum absolute atomic E-state index is 0.174. The molecule has 0 saturated heterocycles. The maximum absolute atomic E-state index is 13.3. The Kier molecular flexibility index (Phi) is 3.05. The normalized spacial score (nSPS) is 10.4. The summed E-state index contributed by atoms with van der Waals surface area (Å²) in [4.78, 5) is 7.95. The van der Waals surface area contributed by atoms with Crippen LogP contribution in [0.2, 0.25) is 5.02 Å². The van der Waals surface area contributed by atoms with Crippen LogP contribution in [0, 0.1) is 5.82 Å². The van der Waals surface area contributed by atoms with Crippen LogP contribution in [-0.4, -0.2) is 14.5 Å². The monoisotopic (exact) mass is 240 g/mol. The Morgan fingerprint density at radius 3 is 2.94 bits per heavy atom. The van der Waals surface area contributed by atoms with Gasteiger partial charge in [0.25, 0.3) is 0 Å². The van der Waals surface area contributed by atoms with Gasteiger partial charge in [-0.05, 0) is 6.07 Å². The predicted molar refractivity (Wildman–Crippen MR) is 59.7 cm³/mol. The summed E-state index contributed by atoms with van der Waals surface area (Å²) in [5.74, 6) is 0.505. The Labute approximate surface area is 97.1 Å². The van der Waals surface area contributed by atoms with E-state index in [1.165, 1.54) is 12.3 Å². The van der Waals surface area contributed by atoms with Crippen LogP contribution in [-0.2, 0) is 13.6 Å². The molecule has 0 aliphatic heterocycles. The molecule has 0 amide bonds. The predicted octanol–water partition coefficient (Wildman–Crippen LogP) is 2.22. The first-order valence-corrected chi connectivity index (χ1v) is 5.06. The van der Waals surface area contributed by atoms with Gasteiger partial charge in [-0.3, -0.25) is 0 Å². The summed E-state index contributed by atoms with van der Waals surface area (Å²) in [5, 5.41) is 3.13. The van der Waals surface area contributed by atoms with Gasteiger partial charge in [-0.1, -0.05) is 11.6 Å². The smallest absolute Gasteiger partial charge is 0.166 e. The zero-order valence-electron chi connectivity index (χ0n) is 8.61. The first-order chi connectivity index (χ1) is 7.66. The first-order valence-electron chi connectivity index (χ1n) is 4.68. The van der Waals surface area contributed by atoms with E-state index in [1.54, 1.807) is 6.20 Å². The Balaban J connectivity index is 2.08. The zero-order valence-corrected chi connectivity index (χ0v) is 9.37. The topological polar surface area (TPSA) is 42.7 Å². The highest BCUT2D eigenvalue weighted by Gasteiger charge is 2.05. The lowest BCUT2D eigenvalue weighted by Gasteiger charge is -2.06. The molecule has 4 nitrogen and oxygen atoms in total. The number of aryl methyl sites for hydroxylation is 1. The molecule has 0 unspecified atom stereocenters. The van der Waals surface area contributed by atoms with Crippen LogP contribution < -0.4 is 5.32 Å². The van der Waals surface area contributed by atoms with E-state index in [-0.39, 0.29) is 10.8 Å². The Bertz CT molecular complexity index is 497. The summed E-state index contributed by atoms with van der Waals surface area (Å²) >= 11 is 5.60. The third kappa shape index (κ3) is 2.30. The molecule has 1 N–H and O–H groups in total. The average molecular weight is 241 g/mol. The van der Waals surface area contributed by atoms with Gasteiger partial charge in [0.15, 0.2) is 11.6 Å². The molecule has 84 valence electrons. The number of hydrogen-bond acceptors (Lipinski definition) is 3. The van der Waals surface area contributed by atoms with Crippen molar-refractivity contribution in [3.8, 4) is 0 Å². The van der Waals surface area contributed by atoms with Crippen molar-refractivity contribution in [2.24, 2.45) is 7.05 Å². The number of imidazole rings is 1. The summed E-state index contributed by atoms with van der Waals surface area (Å²) in [6.07, 6.45) is 4.90. The number of nitrogens with one attached hydrogen (secondary N) is 1. The summed E-state index contributed by atoms with van der Waals surface area (Å²) in [6.45, 7) is 0.412. The van der Waals surface area contributed by atoms with Crippen LogP contribution in [0.25, 0.3) is 0 Å². The minimum Gasteiger partial charge on any atom is -0.360 e. The molecule has 2 heterocycles. The van der Waals surface area contributed by atoms with Crippen LogP contribution in [0.15, 0.2) is 24.7 Å². The summed E-state index contributed by atoms with van der Waals surface area (Å²) in [7, 11) is 1.87. The summed E-state index contributed by atoms with van der Waals surface area (Å²) in [6, 6.07) is 1.22. The third-order valence-electron chi connectivity index (χ3n) is 2.14. The van der Waals surface area contributed by atoms with Gasteiger partial charge in [0.2, 0.25) is 0 Å². The molecular formula is C10H10ClFN4. The van der Waals surface area contributed by atoms with E-state index in [1.807, 2.05) is 17.8 Å². The van der Waals surface area contributed by atoms with E-state index in [9.17, 15) is 4.39 Å². The molecule has 0 aliphatic rings. The van der Waals surface area contributed by atoms with Gasteiger partial charge in [-0.25, -0.2) is 14.4 Å². The quantitative estimate of drug-likeness (QED) is 0.895. The largest absolute Gasteiger partial charge is 0.360 e. The lowest BCUT2D eigenvalue weighted by molar-refractivity contribution is 0.623. The second-order valence-electron chi connectivity index (χ2n) is 3.29. The van der Waals surface area contributed by atoms with E-state index >= 15 is 0 Å². The van der Waals surface area contributed by atoms with E-state index in [2.05, 4.69) is 15.3 Å². The second-order valence-corrected chi connectivity index (χ2v) is 3.73. The molecule has 0 aromatic carbocycles. The molecule has 0 saturated carbocycles. The van der Waals surface area contributed by atoms with E-state index in [0.29, 0.717) is 6.54 Å². The minimum atomic E-state index is -0.471. The van der Waals surface area contributed by atoms with E-state index < -0.39 is 5.82 Å². The molecule has 2 aromatic heterocycles. The molecule has 0 aliphatic carbocycles. The van der Waals surface area contributed by atoms with Crippen molar-refractivity contribution >= 4 is 17.4 Å². The number of hydrogen-bond donors (Lipinski definition) is 1. The van der Waals surface area contributed by atoms with Gasteiger partial charge in [-0.15, -0.1) is 0 Å². The zero-order chi connectivity index (χ0) is 11.5. The SMILES string of the molecule is Cn1ccnc1CNc1ncc(Cl)cc1F. The fraction of sp³-hybridized carbons (Fsp3) is 0.200. The highest BCUT2D eigenvalue weighted by Crippen LogP contribution is 2.15. The van der Waals surface area contributed by atoms with Crippen LogP contribution in [0.1, 0.15) is 5.82 Å². The molecule has 0 radical (unpaired) electrons. The van der Waals surface area contributed by atoms with E-state index in [0.717, 1.165) is 5.82 Å². The van der Waals surface area contributed by atoms with Gasteiger partial charge >= 0.3 is 0 Å². The lowest BCUT2D eigenvalue weighted by atomic mass is 10.4. The Morgan fingerprint density at radius 2 is 2.31 bits per heavy atom. The lowest BCUT2D eigenvalue weighted by Crippen LogP contribution is -2.07. The second kappa shape index (κ2) is 4.49. The van der Waals surface area contributed by atoms with Gasteiger partial charge in [0, 0.05) is 25.6 Å². The number of rotatable bonds is 3.